The number of amides is 2. The Labute approximate surface area is 170 Å². The molecule has 2 heterocycles. The predicted octanol–water partition coefficient (Wildman–Crippen LogP) is 2.24. The molecular formula is C21H27N5O3. The second-order valence-electron chi connectivity index (χ2n) is 7.07. The van der Waals surface area contributed by atoms with E-state index >= 15 is 0 Å². The molecule has 3 rings (SSSR count). The minimum Gasteiger partial charge on any atom is -0.484 e. The van der Waals surface area contributed by atoms with Crippen molar-refractivity contribution in [1.82, 2.24) is 19.8 Å². The van der Waals surface area contributed by atoms with Crippen molar-refractivity contribution in [3.8, 4) is 5.75 Å². The van der Waals surface area contributed by atoms with Gasteiger partial charge in [0, 0.05) is 33.6 Å². The van der Waals surface area contributed by atoms with Crippen LogP contribution in [0.3, 0.4) is 0 Å². The van der Waals surface area contributed by atoms with Gasteiger partial charge in [-0.25, -0.2) is 9.97 Å². The van der Waals surface area contributed by atoms with E-state index < -0.39 is 0 Å². The van der Waals surface area contributed by atoms with Gasteiger partial charge in [-0.1, -0.05) is 18.2 Å². The Morgan fingerprint density at radius 2 is 2.03 bits per heavy atom. The molecule has 1 fully saturated rings. The van der Waals surface area contributed by atoms with Gasteiger partial charge in [-0.15, -0.1) is 0 Å². The predicted molar refractivity (Wildman–Crippen MR) is 109 cm³/mol. The smallest absolute Gasteiger partial charge is 0.260 e. The third-order valence-corrected chi connectivity index (χ3v) is 4.94. The van der Waals surface area contributed by atoms with Crippen LogP contribution in [0.1, 0.15) is 37.3 Å². The van der Waals surface area contributed by atoms with Crippen molar-refractivity contribution in [3.05, 3.63) is 47.9 Å². The second kappa shape index (κ2) is 9.36. The molecule has 0 bridgehead atoms. The van der Waals surface area contributed by atoms with Crippen molar-refractivity contribution in [2.24, 2.45) is 0 Å². The summed E-state index contributed by atoms with van der Waals surface area (Å²) in [5, 5.41) is 3.04. The summed E-state index contributed by atoms with van der Waals surface area (Å²) in [6, 6.07) is 10.9. The Kier molecular flexibility index (Phi) is 6.64. The summed E-state index contributed by atoms with van der Waals surface area (Å²) < 4.78 is 5.54. The molecule has 1 N–H and O–H groups in total. The van der Waals surface area contributed by atoms with E-state index in [1.54, 1.807) is 30.8 Å². The van der Waals surface area contributed by atoms with Crippen molar-refractivity contribution in [1.29, 1.82) is 0 Å². The lowest BCUT2D eigenvalue weighted by Crippen LogP contribution is -2.32. The van der Waals surface area contributed by atoms with E-state index in [2.05, 4.69) is 15.3 Å². The Bertz CT molecular complexity index is 859. The van der Waals surface area contributed by atoms with Crippen LogP contribution in [0, 0.1) is 0 Å². The summed E-state index contributed by atoms with van der Waals surface area (Å²) in [6.45, 7) is 2.57. The van der Waals surface area contributed by atoms with Crippen molar-refractivity contribution in [3.63, 3.8) is 0 Å². The van der Waals surface area contributed by atoms with Gasteiger partial charge in [0.25, 0.3) is 5.91 Å². The van der Waals surface area contributed by atoms with Crippen molar-refractivity contribution in [2.75, 3.05) is 32.6 Å². The number of anilines is 1. The van der Waals surface area contributed by atoms with Gasteiger partial charge >= 0.3 is 0 Å². The monoisotopic (exact) mass is 397 g/mol. The standard InChI is InChI=1S/C21H27N5O3/c1-15(27)26-11-7-10-18(26)21-23-16(12-19(22-2)24-21)13-25(3)20(28)14-29-17-8-5-4-6-9-17/h4-6,8-9,12,18H,7,10-11,13-14H2,1-3H3,(H,22,23,24)/t18-/m1/s1. The fourth-order valence-corrected chi connectivity index (χ4v) is 3.39. The molecular weight excluding hydrogens is 370 g/mol. The molecule has 2 aromatic rings. The van der Waals surface area contributed by atoms with Crippen LogP contribution in [0.4, 0.5) is 5.82 Å². The zero-order valence-corrected chi connectivity index (χ0v) is 17.1. The number of carbonyl (C=O) groups is 2. The first kappa shape index (κ1) is 20.6. The minimum atomic E-state index is -0.147. The Balaban J connectivity index is 1.69. The lowest BCUT2D eigenvalue weighted by molar-refractivity contribution is -0.132. The molecule has 8 heteroatoms. The first-order valence-corrected chi connectivity index (χ1v) is 9.72. The molecule has 2 amide bonds. The number of ether oxygens (including phenoxy) is 1. The van der Waals surface area contributed by atoms with Crippen LogP contribution < -0.4 is 10.1 Å². The molecule has 1 aliphatic heterocycles. The third-order valence-electron chi connectivity index (χ3n) is 4.94. The number of likely N-dealkylation sites (N-methyl/N-ethyl adjacent to an activating group) is 1. The highest BCUT2D eigenvalue weighted by molar-refractivity contribution is 5.77. The van der Waals surface area contributed by atoms with E-state index in [1.165, 1.54) is 0 Å². The molecule has 0 saturated carbocycles. The van der Waals surface area contributed by atoms with Crippen molar-refractivity contribution in [2.45, 2.75) is 32.4 Å². The first-order chi connectivity index (χ1) is 14.0. The molecule has 1 aromatic carbocycles. The van der Waals surface area contributed by atoms with Gasteiger partial charge in [0.2, 0.25) is 5.91 Å². The van der Waals surface area contributed by atoms with Crippen LogP contribution in [0.15, 0.2) is 36.4 Å². The van der Waals surface area contributed by atoms with E-state index in [-0.39, 0.29) is 24.5 Å². The number of hydrogen-bond donors (Lipinski definition) is 1. The molecule has 1 aliphatic rings. The maximum atomic E-state index is 12.4. The summed E-state index contributed by atoms with van der Waals surface area (Å²) in [6.07, 6.45) is 1.77. The summed E-state index contributed by atoms with van der Waals surface area (Å²) in [5.74, 6) is 1.81. The van der Waals surface area contributed by atoms with Gasteiger partial charge in [-0.2, -0.15) is 0 Å². The second-order valence-corrected chi connectivity index (χ2v) is 7.07. The van der Waals surface area contributed by atoms with E-state index in [1.807, 2.05) is 36.4 Å². The molecule has 0 aliphatic carbocycles. The fraction of sp³-hybridized carbons (Fsp3) is 0.429. The number of para-hydroxylation sites is 1. The van der Waals surface area contributed by atoms with Gasteiger partial charge in [0.15, 0.2) is 12.4 Å². The van der Waals surface area contributed by atoms with Gasteiger partial charge in [0.05, 0.1) is 18.3 Å². The van der Waals surface area contributed by atoms with Crippen LogP contribution in [0.25, 0.3) is 0 Å². The highest BCUT2D eigenvalue weighted by atomic mass is 16.5. The Morgan fingerprint density at radius 1 is 1.28 bits per heavy atom. The topological polar surface area (TPSA) is 87.7 Å². The van der Waals surface area contributed by atoms with Gasteiger partial charge < -0.3 is 19.9 Å². The summed E-state index contributed by atoms with van der Waals surface area (Å²) in [4.78, 5) is 36.9. The van der Waals surface area contributed by atoms with E-state index in [0.29, 0.717) is 29.6 Å². The number of hydrogen-bond acceptors (Lipinski definition) is 6. The zero-order chi connectivity index (χ0) is 20.8. The fourth-order valence-electron chi connectivity index (χ4n) is 3.39. The molecule has 29 heavy (non-hydrogen) atoms. The normalized spacial score (nSPS) is 15.8. The van der Waals surface area contributed by atoms with Crippen molar-refractivity contribution >= 4 is 17.6 Å². The minimum absolute atomic E-state index is 0.0258. The number of nitrogens with one attached hydrogen (secondary N) is 1. The van der Waals surface area contributed by atoms with Crippen LogP contribution in [-0.2, 0) is 16.1 Å². The maximum Gasteiger partial charge on any atom is 0.260 e. The molecule has 0 unspecified atom stereocenters. The van der Waals surface area contributed by atoms with E-state index in [9.17, 15) is 9.59 Å². The quantitative estimate of drug-likeness (QED) is 0.771. The molecule has 1 atom stereocenters. The number of rotatable bonds is 7. The highest BCUT2D eigenvalue weighted by Crippen LogP contribution is 2.30. The molecule has 0 spiro atoms. The highest BCUT2D eigenvalue weighted by Gasteiger charge is 2.30. The maximum absolute atomic E-state index is 12.4. The van der Waals surface area contributed by atoms with Crippen molar-refractivity contribution < 1.29 is 14.3 Å². The molecule has 8 nitrogen and oxygen atoms in total. The average molecular weight is 397 g/mol. The number of benzene rings is 1. The van der Waals surface area contributed by atoms with E-state index in [0.717, 1.165) is 19.4 Å². The van der Waals surface area contributed by atoms with Crippen LogP contribution in [0.2, 0.25) is 0 Å². The Morgan fingerprint density at radius 3 is 2.72 bits per heavy atom. The lowest BCUT2D eigenvalue weighted by Gasteiger charge is -2.23. The van der Waals surface area contributed by atoms with Gasteiger partial charge in [-0.05, 0) is 25.0 Å². The van der Waals surface area contributed by atoms with Crippen LogP contribution in [-0.4, -0.2) is 58.8 Å². The molecule has 1 saturated heterocycles. The van der Waals surface area contributed by atoms with Gasteiger partial charge in [0.1, 0.15) is 11.6 Å². The number of likely N-dealkylation sites (tertiary alicyclic amines) is 1. The SMILES string of the molecule is CNc1cc(CN(C)C(=O)COc2ccccc2)nc([C@H]2CCCN2C(C)=O)n1. The summed E-state index contributed by atoms with van der Waals surface area (Å²) in [5.41, 5.74) is 0.713. The largest absolute Gasteiger partial charge is 0.484 e. The van der Waals surface area contributed by atoms with Gasteiger partial charge in [-0.3, -0.25) is 9.59 Å². The average Bonchev–Trinajstić information content (AvgIpc) is 3.23. The summed E-state index contributed by atoms with van der Waals surface area (Å²) >= 11 is 0. The molecule has 0 radical (unpaired) electrons. The number of aromatic nitrogens is 2. The summed E-state index contributed by atoms with van der Waals surface area (Å²) in [7, 11) is 3.50. The number of carbonyl (C=O) groups excluding carboxylic acids is 2. The molecule has 154 valence electrons. The Hall–Kier alpha value is -3.16. The molecule has 1 aromatic heterocycles. The van der Waals surface area contributed by atoms with Crippen LogP contribution >= 0.6 is 0 Å². The first-order valence-electron chi connectivity index (χ1n) is 9.72. The zero-order valence-electron chi connectivity index (χ0n) is 17.1. The van der Waals surface area contributed by atoms with E-state index in [4.69, 9.17) is 4.74 Å². The third kappa shape index (κ3) is 5.22. The van der Waals surface area contributed by atoms with Crippen LogP contribution in [0.5, 0.6) is 5.75 Å². The number of nitrogens with zero attached hydrogens (tertiary/aromatic N) is 4. The lowest BCUT2D eigenvalue weighted by atomic mass is 10.2.